The molecule has 1 aromatic heterocycles. The third kappa shape index (κ3) is 4.47. The van der Waals surface area contributed by atoms with E-state index >= 15 is 0 Å². The van der Waals surface area contributed by atoms with E-state index in [1.54, 1.807) is 0 Å². The Labute approximate surface area is 109 Å². The molecule has 0 fully saturated rings. The van der Waals surface area contributed by atoms with Crippen LogP contribution in [0.5, 0.6) is 0 Å². The normalized spacial score (nSPS) is 9.39. The minimum atomic E-state index is -1.13. The van der Waals surface area contributed by atoms with Gasteiger partial charge < -0.3 is 10.8 Å². The lowest BCUT2D eigenvalue weighted by Gasteiger charge is -1.99. The number of pyridine rings is 1. The molecule has 0 spiro atoms. The zero-order chi connectivity index (χ0) is 13.5. The molecule has 0 unspecified atom stereocenters. The molecular weight excluding hydrogens is 252 g/mol. The number of aromatic nitrogens is 1. The third-order valence-electron chi connectivity index (χ3n) is 1.91. The van der Waals surface area contributed by atoms with E-state index in [1.807, 2.05) is 0 Å². The first-order valence-corrected chi connectivity index (χ1v) is 6.10. The summed E-state index contributed by atoms with van der Waals surface area (Å²) >= 11 is 1.21. The van der Waals surface area contributed by atoms with Crippen molar-refractivity contribution in [2.75, 3.05) is 11.5 Å². The van der Waals surface area contributed by atoms with Gasteiger partial charge in [0.25, 0.3) is 0 Å². The fourth-order valence-electron chi connectivity index (χ4n) is 1.13. The number of anilines is 1. The van der Waals surface area contributed by atoms with Crippen LogP contribution in [0, 0.1) is 11.8 Å². The van der Waals surface area contributed by atoms with E-state index in [0.717, 1.165) is 0 Å². The zero-order valence-corrected chi connectivity index (χ0v) is 10.6. The minimum Gasteiger partial charge on any atom is -0.478 e. The Hall–Kier alpha value is -2.00. The summed E-state index contributed by atoms with van der Waals surface area (Å²) in [6, 6.07) is 1.38. The second-order valence-corrected chi connectivity index (χ2v) is 4.63. The molecule has 1 heterocycles. The summed E-state index contributed by atoms with van der Waals surface area (Å²) in [5.74, 6) is 5.10. The van der Waals surface area contributed by atoms with E-state index in [1.165, 1.54) is 30.9 Å². The highest BCUT2D eigenvalue weighted by atomic mass is 32.2. The van der Waals surface area contributed by atoms with Crippen molar-refractivity contribution in [2.45, 2.75) is 13.3 Å². The maximum Gasteiger partial charge on any atom is 0.339 e. The first-order chi connectivity index (χ1) is 8.50. The van der Waals surface area contributed by atoms with Gasteiger partial charge in [0.05, 0.1) is 0 Å². The Morgan fingerprint density at radius 3 is 2.89 bits per heavy atom. The summed E-state index contributed by atoms with van der Waals surface area (Å²) in [6.45, 7) is 1.50. The first-order valence-electron chi connectivity index (χ1n) is 5.11. The second-order valence-electron chi connectivity index (χ2n) is 3.35. The lowest BCUT2D eigenvalue weighted by molar-refractivity contribution is -0.109. The van der Waals surface area contributed by atoms with Gasteiger partial charge in [-0.15, -0.1) is 0 Å². The molecule has 6 heteroatoms. The van der Waals surface area contributed by atoms with Crippen LogP contribution in [0.2, 0.25) is 0 Å². The van der Waals surface area contributed by atoms with Crippen LogP contribution < -0.4 is 5.73 Å². The van der Waals surface area contributed by atoms with E-state index in [4.69, 9.17) is 10.8 Å². The molecule has 0 radical (unpaired) electrons. The summed E-state index contributed by atoms with van der Waals surface area (Å²) in [5.41, 5.74) is 5.86. The number of hydrogen-bond acceptors (Lipinski definition) is 5. The summed E-state index contributed by atoms with van der Waals surface area (Å²) in [6.07, 6.45) is 1.98. The Bertz CT molecular complexity index is 532. The average molecular weight is 264 g/mol. The van der Waals surface area contributed by atoms with Crippen molar-refractivity contribution in [3.63, 3.8) is 0 Å². The number of carboxylic acid groups (broad SMARTS) is 1. The summed E-state index contributed by atoms with van der Waals surface area (Å²) in [7, 11) is 0. The molecule has 1 rings (SSSR count). The van der Waals surface area contributed by atoms with Crippen molar-refractivity contribution >= 4 is 28.7 Å². The van der Waals surface area contributed by atoms with Gasteiger partial charge in [-0.25, -0.2) is 9.78 Å². The fourth-order valence-corrected chi connectivity index (χ4v) is 1.62. The molecule has 0 bridgehead atoms. The molecule has 0 saturated carbocycles. The van der Waals surface area contributed by atoms with Crippen LogP contribution in [0.25, 0.3) is 0 Å². The van der Waals surface area contributed by atoms with Gasteiger partial charge >= 0.3 is 5.97 Å². The molecule has 0 aliphatic rings. The largest absolute Gasteiger partial charge is 0.478 e. The lowest BCUT2D eigenvalue weighted by atomic mass is 10.2. The number of rotatable bonds is 3. The Morgan fingerprint density at radius 1 is 1.56 bits per heavy atom. The van der Waals surface area contributed by atoms with Gasteiger partial charge in [-0.05, 0) is 6.07 Å². The number of nitrogen functional groups attached to an aromatic ring is 1. The Kier molecular flexibility index (Phi) is 5.21. The molecule has 18 heavy (non-hydrogen) atoms. The molecule has 5 nitrogen and oxygen atoms in total. The van der Waals surface area contributed by atoms with E-state index in [2.05, 4.69) is 16.8 Å². The summed E-state index contributed by atoms with van der Waals surface area (Å²) < 4.78 is 0. The molecule has 1 aromatic rings. The quantitative estimate of drug-likeness (QED) is 0.633. The van der Waals surface area contributed by atoms with Gasteiger partial charge in [0, 0.05) is 30.9 Å². The number of aromatic carboxylic acids is 1. The predicted molar refractivity (Wildman–Crippen MR) is 70.2 cm³/mol. The molecule has 0 saturated heterocycles. The van der Waals surface area contributed by atoms with E-state index in [-0.39, 0.29) is 16.5 Å². The van der Waals surface area contributed by atoms with Crippen LogP contribution in [0.4, 0.5) is 5.82 Å². The monoisotopic (exact) mass is 264 g/mol. The fraction of sp³-hybridized carbons (Fsp3) is 0.250. The van der Waals surface area contributed by atoms with Crippen molar-refractivity contribution < 1.29 is 14.7 Å². The molecule has 0 atom stereocenters. The number of nitrogens with two attached hydrogens (primary N) is 1. The third-order valence-corrected chi connectivity index (χ3v) is 2.73. The zero-order valence-electron chi connectivity index (χ0n) is 9.77. The van der Waals surface area contributed by atoms with Gasteiger partial charge in [0.2, 0.25) is 0 Å². The number of thioether (sulfide) groups is 1. The van der Waals surface area contributed by atoms with Gasteiger partial charge in [-0.3, -0.25) is 4.79 Å². The van der Waals surface area contributed by atoms with Gasteiger partial charge in [0.1, 0.15) is 11.4 Å². The topological polar surface area (TPSA) is 93.3 Å². The number of carbonyl (C=O) groups is 2. The predicted octanol–water partition coefficient (Wildman–Crippen LogP) is 1.38. The highest BCUT2D eigenvalue weighted by Crippen LogP contribution is 2.10. The smallest absolute Gasteiger partial charge is 0.339 e. The summed E-state index contributed by atoms with van der Waals surface area (Å²) in [5, 5.41) is 8.91. The van der Waals surface area contributed by atoms with Gasteiger partial charge in [0.15, 0.2) is 5.12 Å². The van der Waals surface area contributed by atoms with Crippen LogP contribution in [-0.4, -0.2) is 26.9 Å². The highest BCUT2D eigenvalue weighted by molar-refractivity contribution is 8.13. The maximum atomic E-state index is 10.8. The lowest BCUT2D eigenvalue weighted by Crippen LogP contribution is -2.04. The highest BCUT2D eigenvalue weighted by Gasteiger charge is 2.08. The molecular formula is C12H12N2O3S. The standard InChI is InChI=1S/C12H12N2O3S/c1-8(15)18-5-3-2-4-9-6-10(12(16)17)11(13)14-7-9/h6-7H,3,5H2,1H3,(H2,13,14)(H,16,17). The average Bonchev–Trinajstić information content (AvgIpc) is 2.30. The van der Waals surface area contributed by atoms with Crippen LogP contribution in [0.1, 0.15) is 29.3 Å². The Balaban J connectivity index is 2.68. The molecule has 0 amide bonds. The van der Waals surface area contributed by atoms with Gasteiger partial charge in [-0.2, -0.15) is 0 Å². The van der Waals surface area contributed by atoms with E-state index in [0.29, 0.717) is 17.7 Å². The van der Waals surface area contributed by atoms with Crippen LogP contribution >= 0.6 is 11.8 Å². The molecule has 0 aromatic carbocycles. The van der Waals surface area contributed by atoms with E-state index < -0.39 is 5.97 Å². The molecule has 3 N–H and O–H groups in total. The van der Waals surface area contributed by atoms with Crippen LogP contribution in [0.15, 0.2) is 12.3 Å². The van der Waals surface area contributed by atoms with Crippen LogP contribution in [-0.2, 0) is 4.79 Å². The Morgan fingerprint density at radius 2 is 2.28 bits per heavy atom. The first kappa shape index (κ1) is 14.1. The van der Waals surface area contributed by atoms with Gasteiger partial charge in [-0.1, -0.05) is 23.6 Å². The maximum absolute atomic E-state index is 10.8. The molecule has 0 aliphatic heterocycles. The van der Waals surface area contributed by atoms with Crippen LogP contribution in [0.3, 0.4) is 0 Å². The van der Waals surface area contributed by atoms with Crippen molar-refractivity contribution in [2.24, 2.45) is 0 Å². The van der Waals surface area contributed by atoms with Crippen molar-refractivity contribution in [1.82, 2.24) is 4.98 Å². The minimum absolute atomic E-state index is 0.0276. The number of nitrogens with zero attached hydrogens (tertiary/aromatic N) is 1. The van der Waals surface area contributed by atoms with E-state index in [9.17, 15) is 9.59 Å². The number of carbonyl (C=O) groups excluding carboxylic acids is 1. The van der Waals surface area contributed by atoms with Crippen molar-refractivity contribution in [3.05, 3.63) is 23.4 Å². The number of carboxylic acids is 1. The molecule has 0 aliphatic carbocycles. The van der Waals surface area contributed by atoms with Crippen molar-refractivity contribution in [1.29, 1.82) is 0 Å². The molecule has 94 valence electrons. The SMILES string of the molecule is CC(=O)SCCC#Cc1cnc(N)c(C(=O)O)c1. The number of hydrogen-bond donors (Lipinski definition) is 2. The second kappa shape index (κ2) is 6.67. The summed E-state index contributed by atoms with van der Waals surface area (Å²) in [4.78, 5) is 25.2. The van der Waals surface area contributed by atoms with Crippen molar-refractivity contribution in [3.8, 4) is 11.8 Å².